The average Bonchev–Trinajstić information content (AvgIpc) is 2.61. The number of hydrogen-bond donors (Lipinski definition) is 2. The number of unbranched alkanes of at least 4 members (excludes halogenated alkanes) is 1. The van der Waals surface area contributed by atoms with Crippen LogP contribution in [-0.2, 0) is 6.54 Å². The largest absolute Gasteiger partial charge is 0.352 e. The van der Waals surface area contributed by atoms with Crippen LogP contribution < -0.4 is 10.6 Å². The van der Waals surface area contributed by atoms with Crippen LogP contribution in [0.15, 0.2) is 42.9 Å². The Morgan fingerprint density at radius 2 is 1.83 bits per heavy atom. The molecule has 6 heteroatoms. The van der Waals surface area contributed by atoms with E-state index in [0.29, 0.717) is 24.2 Å². The van der Waals surface area contributed by atoms with Crippen molar-refractivity contribution < 1.29 is 9.59 Å². The lowest BCUT2D eigenvalue weighted by Gasteiger charge is -2.07. The fourth-order valence-electron chi connectivity index (χ4n) is 1.94. The maximum atomic E-state index is 12.1. The number of nitrogens with zero attached hydrogens (tertiary/aromatic N) is 2. The van der Waals surface area contributed by atoms with E-state index in [9.17, 15) is 9.59 Å². The van der Waals surface area contributed by atoms with Crippen molar-refractivity contribution in [2.75, 3.05) is 6.54 Å². The second-order valence-electron chi connectivity index (χ2n) is 5.08. The minimum atomic E-state index is -0.286. The van der Waals surface area contributed by atoms with Gasteiger partial charge in [-0.2, -0.15) is 0 Å². The van der Waals surface area contributed by atoms with Crippen LogP contribution in [0.25, 0.3) is 0 Å². The Hall–Kier alpha value is -2.76. The maximum absolute atomic E-state index is 12.1. The summed E-state index contributed by atoms with van der Waals surface area (Å²) in [5, 5.41) is 5.56. The Balaban J connectivity index is 1.95. The van der Waals surface area contributed by atoms with Gasteiger partial charge in [0.2, 0.25) is 0 Å². The molecular formula is C17H20N4O2. The number of rotatable bonds is 7. The van der Waals surface area contributed by atoms with Crippen molar-refractivity contribution in [3.63, 3.8) is 0 Å². The van der Waals surface area contributed by atoms with Crippen molar-refractivity contribution >= 4 is 11.8 Å². The van der Waals surface area contributed by atoms with Gasteiger partial charge in [0.1, 0.15) is 0 Å². The molecule has 0 radical (unpaired) electrons. The van der Waals surface area contributed by atoms with Crippen LogP contribution in [0.5, 0.6) is 0 Å². The lowest BCUT2D eigenvalue weighted by atomic mass is 10.2. The zero-order chi connectivity index (χ0) is 16.5. The van der Waals surface area contributed by atoms with Gasteiger partial charge >= 0.3 is 0 Å². The van der Waals surface area contributed by atoms with Gasteiger partial charge in [0.25, 0.3) is 11.8 Å². The smallest absolute Gasteiger partial charge is 0.253 e. The molecule has 2 aromatic heterocycles. The Morgan fingerprint density at radius 3 is 2.48 bits per heavy atom. The summed E-state index contributed by atoms with van der Waals surface area (Å²) in [7, 11) is 0. The lowest BCUT2D eigenvalue weighted by molar-refractivity contribution is 0.0950. The summed E-state index contributed by atoms with van der Waals surface area (Å²) >= 11 is 0. The van der Waals surface area contributed by atoms with E-state index < -0.39 is 0 Å². The highest BCUT2D eigenvalue weighted by atomic mass is 16.2. The summed E-state index contributed by atoms with van der Waals surface area (Å²) in [5.41, 5.74) is 1.50. The zero-order valence-corrected chi connectivity index (χ0v) is 13.1. The first-order chi connectivity index (χ1) is 11.2. The van der Waals surface area contributed by atoms with Gasteiger partial charge in [0, 0.05) is 25.1 Å². The first-order valence-electron chi connectivity index (χ1n) is 7.62. The molecule has 0 aliphatic heterocycles. The number of pyridine rings is 2. The molecule has 0 fully saturated rings. The van der Waals surface area contributed by atoms with Gasteiger partial charge in [0.05, 0.1) is 23.4 Å². The van der Waals surface area contributed by atoms with E-state index >= 15 is 0 Å². The first kappa shape index (κ1) is 16.6. The monoisotopic (exact) mass is 312 g/mol. The molecular weight excluding hydrogens is 292 g/mol. The van der Waals surface area contributed by atoms with Crippen LogP contribution in [-0.4, -0.2) is 28.3 Å². The standard InChI is InChI=1S/C17H20N4O2/c1-2-3-7-20-16(22)13-9-14(11-18-10-13)17(23)21-12-15-6-4-5-8-19-15/h4-6,8-11H,2-3,7,12H2,1H3,(H,20,22)(H,21,23). The van der Waals surface area contributed by atoms with Crippen LogP contribution in [0, 0.1) is 0 Å². The summed E-state index contributed by atoms with van der Waals surface area (Å²) in [6.45, 7) is 3.00. The quantitative estimate of drug-likeness (QED) is 0.765. The second-order valence-corrected chi connectivity index (χ2v) is 5.08. The number of aromatic nitrogens is 2. The topological polar surface area (TPSA) is 84.0 Å². The van der Waals surface area contributed by atoms with Gasteiger partial charge in [0.15, 0.2) is 0 Å². The Morgan fingerprint density at radius 1 is 1.09 bits per heavy atom. The molecule has 23 heavy (non-hydrogen) atoms. The SMILES string of the molecule is CCCCNC(=O)c1cncc(C(=O)NCc2ccccn2)c1. The second kappa shape index (κ2) is 8.63. The Bertz CT molecular complexity index is 659. The van der Waals surface area contributed by atoms with E-state index in [1.165, 1.54) is 12.4 Å². The van der Waals surface area contributed by atoms with Gasteiger partial charge in [-0.15, -0.1) is 0 Å². The maximum Gasteiger partial charge on any atom is 0.253 e. The van der Waals surface area contributed by atoms with E-state index in [1.807, 2.05) is 18.2 Å². The summed E-state index contributed by atoms with van der Waals surface area (Å²) < 4.78 is 0. The summed E-state index contributed by atoms with van der Waals surface area (Å²) in [6, 6.07) is 7.05. The highest BCUT2D eigenvalue weighted by molar-refractivity contribution is 5.99. The van der Waals surface area contributed by atoms with Gasteiger partial charge in [-0.1, -0.05) is 19.4 Å². The number of amides is 2. The van der Waals surface area contributed by atoms with Crippen molar-refractivity contribution in [1.29, 1.82) is 0 Å². The molecule has 0 atom stereocenters. The predicted molar refractivity (Wildman–Crippen MR) is 86.9 cm³/mol. The first-order valence-corrected chi connectivity index (χ1v) is 7.62. The summed E-state index contributed by atoms with van der Waals surface area (Å²) in [4.78, 5) is 32.2. The van der Waals surface area contributed by atoms with E-state index in [2.05, 4.69) is 27.5 Å². The highest BCUT2D eigenvalue weighted by Gasteiger charge is 2.11. The number of carbonyl (C=O) groups is 2. The molecule has 6 nitrogen and oxygen atoms in total. The average molecular weight is 312 g/mol. The molecule has 0 aliphatic rings. The molecule has 0 saturated heterocycles. The molecule has 0 saturated carbocycles. The fraction of sp³-hybridized carbons (Fsp3) is 0.294. The third-order valence-electron chi connectivity index (χ3n) is 3.23. The minimum Gasteiger partial charge on any atom is -0.352 e. The third kappa shape index (κ3) is 5.18. The summed E-state index contributed by atoms with van der Waals surface area (Å²) in [5.74, 6) is -0.503. The predicted octanol–water partition coefficient (Wildman–Crippen LogP) is 1.94. The molecule has 0 unspecified atom stereocenters. The molecule has 2 heterocycles. The van der Waals surface area contributed by atoms with Gasteiger partial charge in [-0.05, 0) is 24.6 Å². The Kier molecular flexibility index (Phi) is 6.23. The Labute approximate surface area is 135 Å². The third-order valence-corrected chi connectivity index (χ3v) is 3.23. The molecule has 0 spiro atoms. The van der Waals surface area contributed by atoms with Crippen LogP contribution in [0.3, 0.4) is 0 Å². The molecule has 2 aromatic rings. The molecule has 0 aliphatic carbocycles. The van der Waals surface area contributed by atoms with Gasteiger partial charge in [-0.25, -0.2) is 0 Å². The molecule has 0 bridgehead atoms. The van der Waals surface area contributed by atoms with Crippen molar-refractivity contribution in [2.45, 2.75) is 26.3 Å². The van der Waals surface area contributed by atoms with Crippen molar-refractivity contribution in [2.24, 2.45) is 0 Å². The highest BCUT2D eigenvalue weighted by Crippen LogP contribution is 2.04. The van der Waals surface area contributed by atoms with Gasteiger partial charge in [-0.3, -0.25) is 19.6 Å². The van der Waals surface area contributed by atoms with Crippen LogP contribution in [0.4, 0.5) is 0 Å². The molecule has 2 N–H and O–H groups in total. The number of hydrogen-bond acceptors (Lipinski definition) is 4. The molecule has 2 amide bonds. The molecule has 2 rings (SSSR count). The van der Waals surface area contributed by atoms with Crippen LogP contribution in [0.1, 0.15) is 46.2 Å². The lowest BCUT2D eigenvalue weighted by Crippen LogP contribution is -2.26. The van der Waals surface area contributed by atoms with E-state index in [4.69, 9.17) is 0 Å². The van der Waals surface area contributed by atoms with Crippen molar-refractivity contribution in [1.82, 2.24) is 20.6 Å². The van der Waals surface area contributed by atoms with Crippen molar-refractivity contribution in [3.05, 3.63) is 59.7 Å². The van der Waals surface area contributed by atoms with Crippen LogP contribution in [0.2, 0.25) is 0 Å². The van der Waals surface area contributed by atoms with E-state index in [1.54, 1.807) is 12.3 Å². The number of carbonyl (C=O) groups excluding carboxylic acids is 2. The minimum absolute atomic E-state index is 0.217. The fourth-order valence-corrected chi connectivity index (χ4v) is 1.94. The number of nitrogens with one attached hydrogen (secondary N) is 2. The van der Waals surface area contributed by atoms with Gasteiger partial charge < -0.3 is 10.6 Å². The van der Waals surface area contributed by atoms with E-state index in [-0.39, 0.29) is 11.8 Å². The van der Waals surface area contributed by atoms with E-state index in [0.717, 1.165) is 18.5 Å². The zero-order valence-electron chi connectivity index (χ0n) is 13.1. The summed E-state index contributed by atoms with van der Waals surface area (Å²) in [6.07, 6.45) is 6.50. The molecule has 120 valence electrons. The van der Waals surface area contributed by atoms with Crippen LogP contribution >= 0.6 is 0 Å². The van der Waals surface area contributed by atoms with Crippen molar-refractivity contribution in [3.8, 4) is 0 Å². The molecule has 0 aromatic carbocycles. The normalized spacial score (nSPS) is 10.1.